The average Bonchev–Trinajstić information content (AvgIpc) is 2.90. The fraction of sp³-hybridized carbons (Fsp3) is 0.571. The monoisotopic (exact) mass is 261 g/mol. The molecular formula is C14H23N5. The number of nitrogens with zero attached hydrogens (tertiary/aromatic N) is 4. The van der Waals surface area contributed by atoms with Gasteiger partial charge in [-0.15, -0.1) is 0 Å². The van der Waals surface area contributed by atoms with E-state index in [1.165, 1.54) is 16.8 Å². The second kappa shape index (κ2) is 5.57. The van der Waals surface area contributed by atoms with Gasteiger partial charge >= 0.3 is 0 Å². The third kappa shape index (κ3) is 3.04. The van der Waals surface area contributed by atoms with Crippen LogP contribution in [0.3, 0.4) is 0 Å². The molecule has 5 nitrogen and oxygen atoms in total. The zero-order valence-electron chi connectivity index (χ0n) is 12.2. The first-order valence-corrected chi connectivity index (χ1v) is 6.81. The maximum absolute atomic E-state index is 5.90. The first-order chi connectivity index (χ1) is 9.01. The Morgan fingerprint density at radius 1 is 1.37 bits per heavy atom. The molecule has 5 heteroatoms. The summed E-state index contributed by atoms with van der Waals surface area (Å²) < 4.78 is 3.98. The highest BCUT2D eigenvalue weighted by Crippen LogP contribution is 2.16. The molecule has 0 fully saturated rings. The van der Waals surface area contributed by atoms with E-state index in [9.17, 15) is 0 Å². The van der Waals surface area contributed by atoms with Crippen LogP contribution in [0.25, 0.3) is 0 Å². The number of rotatable bonds is 5. The van der Waals surface area contributed by atoms with E-state index in [1.807, 2.05) is 22.5 Å². The van der Waals surface area contributed by atoms with Crippen molar-refractivity contribution in [2.75, 3.05) is 0 Å². The highest BCUT2D eigenvalue weighted by Gasteiger charge is 2.13. The zero-order valence-corrected chi connectivity index (χ0v) is 12.2. The van der Waals surface area contributed by atoms with Gasteiger partial charge in [0.2, 0.25) is 0 Å². The molecule has 0 amide bonds. The molecular weight excluding hydrogens is 238 g/mol. The molecule has 2 heterocycles. The molecule has 0 aliphatic heterocycles. The SMILES string of the molecule is CCn1cc(Cn2nc(C)c(CC(C)N)c2C)cn1. The Morgan fingerprint density at radius 2 is 2.11 bits per heavy atom. The van der Waals surface area contributed by atoms with Gasteiger partial charge in [0.15, 0.2) is 0 Å². The number of aryl methyl sites for hydroxylation is 2. The molecule has 0 aliphatic carbocycles. The summed E-state index contributed by atoms with van der Waals surface area (Å²) in [5.41, 5.74) is 10.6. The Morgan fingerprint density at radius 3 is 2.68 bits per heavy atom. The Balaban J connectivity index is 2.21. The molecule has 0 radical (unpaired) electrons. The predicted octanol–water partition coefficient (Wildman–Crippen LogP) is 1.65. The summed E-state index contributed by atoms with van der Waals surface area (Å²) in [5.74, 6) is 0. The van der Waals surface area contributed by atoms with Crippen LogP contribution >= 0.6 is 0 Å². The lowest BCUT2D eigenvalue weighted by molar-refractivity contribution is 0.646. The summed E-state index contributed by atoms with van der Waals surface area (Å²) >= 11 is 0. The van der Waals surface area contributed by atoms with Gasteiger partial charge in [-0.1, -0.05) is 0 Å². The second-order valence-corrected chi connectivity index (χ2v) is 5.19. The van der Waals surface area contributed by atoms with Gasteiger partial charge in [-0.05, 0) is 39.7 Å². The van der Waals surface area contributed by atoms with Crippen LogP contribution in [0.5, 0.6) is 0 Å². The number of nitrogens with two attached hydrogens (primary N) is 1. The van der Waals surface area contributed by atoms with Crippen molar-refractivity contribution >= 4 is 0 Å². The standard InChI is InChI=1S/C14H23N5/c1-5-18-8-13(7-16-18)9-19-12(4)14(6-10(2)15)11(3)17-19/h7-8,10H,5-6,9,15H2,1-4H3. The normalized spacial score (nSPS) is 12.9. The third-order valence-electron chi connectivity index (χ3n) is 3.40. The quantitative estimate of drug-likeness (QED) is 0.890. The summed E-state index contributed by atoms with van der Waals surface area (Å²) in [4.78, 5) is 0. The Labute approximate surface area is 114 Å². The predicted molar refractivity (Wildman–Crippen MR) is 76.1 cm³/mol. The molecule has 0 aromatic carbocycles. The first kappa shape index (κ1) is 13.8. The molecule has 2 N–H and O–H groups in total. The number of hydrogen-bond acceptors (Lipinski definition) is 3. The van der Waals surface area contributed by atoms with E-state index < -0.39 is 0 Å². The van der Waals surface area contributed by atoms with E-state index in [0.717, 1.165) is 25.2 Å². The number of hydrogen-bond donors (Lipinski definition) is 1. The van der Waals surface area contributed by atoms with Crippen LogP contribution in [0.4, 0.5) is 0 Å². The fourth-order valence-corrected chi connectivity index (χ4v) is 2.34. The lowest BCUT2D eigenvalue weighted by atomic mass is 10.1. The van der Waals surface area contributed by atoms with Crippen molar-refractivity contribution in [2.24, 2.45) is 5.73 Å². The molecule has 104 valence electrons. The molecule has 2 aromatic rings. The molecule has 0 saturated heterocycles. The van der Waals surface area contributed by atoms with Crippen molar-refractivity contribution < 1.29 is 0 Å². The maximum atomic E-state index is 5.90. The van der Waals surface area contributed by atoms with Crippen LogP contribution < -0.4 is 5.73 Å². The first-order valence-electron chi connectivity index (χ1n) is 6.81. The van der Waals surface area contributed by atoms with E-state index in [4.69, 9.17) is 5.73 Å². The van der Waals surface area contributed by atoms with E-state index in [1.54, 1.807) is 0 Å². The summed E-state index contributed by atoms with van der Waals surface area (Å²) in [6, 6.07) is 0.165. The average molecular weight is 261 g/mol. The molecule has 0 aliphatic rings. The summed E-state index contributed by atoms with van der Waals surface area (Å²) in [7, 11) is 0. The molecule has 19 heavy (non-hydrogen) atoms. The van der Waals surface area contributed by atoms with Gasteiger partial charge in [0.25, 0.3) is 0 Å². The van der Waals surface area contributed by atoms with Gasteiger partial charge in [-0.25, -0.2) is 0 Å². The third-order valence-corrected chi connectivity index (χ3v) is 3.40. The van der Waals surface area contributed by atoms with Crippen LogP contribution in [-0.4, -0.2) is 25.6 Å². The topological polar surface area (TPSA) is 61.7 Å². The largest absolute Gasteiger partial charge is 0.328 e. The van der Waals surface area contributed by atoms with Crippen molar-refractivity contribution in [2.45, 2.75) is 53.2 Å². The van der Waals surface area contributed by atoms with Crippen LogP contribution in [0.2, 0.25) is 0 Å². The van der Waals surface area contributed by atoms with E-state index in [-0.39, 0.29) is 6.04 Å². The fourth-order valence-electron chi connectivity index (χ4n) is 2.34. The molecule has 0 spiro atoms. The van der Waals surface area contributed by atoms with Crippen LogP contribution in [0, 0.1) is 13.8 Å². The molecule has 0 saturated carbocycles. The Hall–Kier alpha value is -1.62. The highest BCUT2D eigenvalue weighted by atomic mass is 15.3. The van der Waals surface area contributed by atoms with Gasteiger partial charge in [-0.2, -0.15) is 10.2 Å². The Kier molecular flexibility index (Phi) is 4.04. The molecule has 2 rings (SSSR count). The van der Waals surface area contributed by atoms with Crippen LogP contribution in [0.1, 0.15) is 36.4 Å². The van der Waals surface area contributed by atoms with Crippen molar-refractivity contribution in [3.63, 3.8) is 0 Å². The molecule has 2 aromatic heterocycles. The van der Waals surface area contributed by atoms with Crippen molar-refractivity contribution in [1.82, 2.24) is 19.6 Å². The molecule has 0 bridgehead atoms. The minimum atomic E-state index is 0.165. The smallest absolute Gasteiger partial charge is 0.0693 e. The van der Waals surface area contributed by atoms with Crippen LogP contribution in [-0.2, 0) is 19.5 Å². The minimum Gasteiger partial charge on any atom is -0.328 e. The van der Waals surface area contributed by atoms with Gasteiger partial charge in [0, 0.05) is 30.0 Å². The van der Waals surface area contributed by atoms with Gasteiger partial charge in [0.1, 0.15) is 0 Å². The van der Waals surface area contributed by atoms with Gasteiger partial charge < -0.3 is 5.73 Å². The van der Waals surface area contributed by atoms with Crippen molar-refractivity contribution in [1.29, 1.82) is 0 Å². The van der Waals surface area contributed by atoms with E-state index in [0.29, 0.717) is 0 Å². The lowest BCUT2D eigenvalue weighted by Gasteiger charge is -2.06. The van der Waals surface area contributed by atoms with E-state index >= 15 is 0 Å². The van der Waals surface area contributed by atoms with Crippen molar-refractivity contribution in [3.8, 4) is 0 Å². The van der Waals surface area contributed by atoms with Crippen LogP contribution in [0.15, 0.2) is 12.4 Å². The highest BCUT2D eigenvalue weighted by molar-refractivity contribution is 5.26. The summed E-state index contributed by atoms with van der Waals surface area (Å²) in [6.45, 7) is 9.94. The Bertz CT molecular complexity index is 550. The second-order valence-electron chi connectivity index (χ2n) is 5.19. The van der Waals surface area contributed by atoms with Gasteiger partial charge in [-0.3, -0.25) is 9.36 Å². The van der Waals surface area contributed by atoms with E-state index in [2.05, 4.69) is 37.2 Å². The summed E-state index contributed by atoms with van der Waals surface area (Å²) in [5, 5.41) is 8.91. The molecule has 1 unspecified atom stereocenters. The minimum absolute atomic E-state index is 0.165. The lowest BCUT2D eigenvalue weighted by Crippen LogP contribution is -2.18. The summed E-state index contributed by atoms with van der Waals surface area (Å²) in [6.07, 6.45) is 4.86. The van der Waals surface area contributed by atoms with Gasteiger partial charge in [0.05, 0.1) is 18.4 Å². The maximum Gasteiger partial charge on any atom is 0.0693 e. The molecule has 1 atom stereocenters. The zero-order chi connectivity index (χ0) is 14.0. The van der Waals surface area contributed by atoms with Crippen molar-refractivity contribution in [3.05, 3.63) is 34.9 Å². The number of aromatic nitrogens is 4.